The van der Waals surface area contributed by atoms with Crippen LogP contribution in [0.3, 0.4) is 0 Å². The van der Waals surface area contributed by atoms with Crippen molar-refractivity contribution in [2.45, 2.75) is 62.8 Å². The van der Waals surface area contributed by atoms with Gasteiger partial charge in [-0.1, -0.05) is 0 Å². The number of aromatic nitrogens is 3. The maximum atomic E-state index is 11.6. The van der Waals surface area contributed by atoms with E-state index in [-0.39, 0.29) is 18.2 Å². The summed E-state index contributed by atoms with van der Waals surface area (Å²) in [7, 11) is 1.71. The maximum Gasteiger partial charge on any atom is 0.221 e. The van der Waals surface area contributed by atoms with Gasteiger partial charge in [0.2, 0.25) is 5.91 Å². The lowest BCUT2D eigenvalue weighted by molar-refractivity contribution is -0.121. The van der Waals surface area contributed by atoms with Gasteiger partial charge in [-0.25, -0.2) is 9.97 Å². The zero-order chi connectivity index (χ0) is 22.1. The SMILES string of the molecule is CNC(=O)CCN1CCC2(CCCN2CC2CCC(n3ccc4c(N)ncnc43)O2)CC1. The lowest BCUT2D eigenvalue weighted by Gasteiger charge is -2.45. The number of nitrogens with zero attached hydrogens (tertiary/aromatic N) is 5. The first-order chi connectivity index (χ1) is 15.6. The second-order valence-corrected chi connectivity index (χ2v) is 9.55. The number of fused-ring (bicyclic) bond motifs is 1. The van der Waals surface area contributed by atoms with Gasteiger partial charge >= 0.3 is 0 Å². The number of rotatable bonds is 6. The quantitative estimate of drug-likeness (QED) is 0.704. The lowest BCUT2D eigenvalue weighted by Crippen LogP contribution is -2.54. The van der Waals surface area contributed by atoms with Crippen LogP contribution in [-0.4, -0.2) is 81.7 Å². The maximum absolute atomic E-state index is 11.6. The van der Waals surface area contributed by atoms with Gasteiger partial charge in [0.1, 0.15) is 24.0 Å². The molecule has 1 amide bonds. The van der Waals surface area contributed by atoms with Crippen molar-refractivity contribution in [3.63, 3.8) is 0 Å². The number of anilines is 1. The Bertz CT molecular complexity index is 953. The van der Waals surface area contributed by atoms with Crippen molar-refractivity contribution in [2.75, 3.05) is 45.5 Å². The monoisotopic (exact) mass is 441 g/mol. The lowest BCUT2D eigenvalue weighted by atomic mass is 9.84. The Balaban J connectivity index is 1.18. The van der Waals surface area contributed by atoms with Crippen LogP contribution in [0, 0.1) is 0 Å². The summed E-state index contributed by atoms with van der Waals surface area (Å²) in [5.41, 5.74) is 7.16. The summed E-state index contributed by atoms with van der Waals surface area (Å²) in [6, 6.07) is 1.98. The van der Waals surface area contributed by atoms with E-state index in [1.165, 1.54) is 38.6 Å². The minimum atomic E-state index is 0.0110. The molecule has 2 atom stereocenters. The topological polar surface area (TPSA) is 102 Å². The molecule has 3 N–H and O–H groups in total. The number of nitrogens with two attached hydrogens (primary N) is 1. The average Bonchev–Trinajstić information content (AvgIpc) is 3.53. The van der Waals surface area contributed by atoms with Crippen LogP contribution >= 0.6 is 0 Å². The number of nitrogens with one attached hydrogen (secondary N) is 1. The van der Waals surface area contributed by atoms with E-state index in [1.54, 1.807) is 7.05 Å². The van der Waals surface area contributed by atoms with Crippen molar-refractivity contribution in [3.8, 4) is 0 Å². The smallest absolute Gasteiger partial charge is 0.221 e. The third-order valence-corrected chi connectivity index (χ3v) is 7.82. The molecule has 3 saturated heterocycles. The fraction of sp³-hybridized carbons (Fsp3) is 0.696. The highest BCUT2D eigenvalue weighted by Gasteiger charge is 2.44. The van der Waals surface area contributed by atoms with Crippen LogP contribution in [0.15, 0.2) is 18.6 Å². The molecular weight excluding hydrogens is 406 g/mol. The second-order valence-electron chi connectivity index (χ2n) is 9.55. The van der Waals surface area contributed by atoms with Gasteiger partial charge in [-0.05, 0) is 64.2 Å². The fourth-order valence-electron chi connectivity index (χ4n) is 5.92. The first-order valence-electron chi connectivity index (χ1n) is 12.0. The third-order valence-electron chi connectivity index (χ3n) is 7.82. The normalized spacial score (nSPS) is 26.3. The Hall–Kier alpha value is -2.23. The molecule has 174 valence electrons. The minimum Gasteiger partial charge on any atom is -0.383 e. The van der Waals surface area contributed by atoms with Gasteiger partial charge in [0.25, 0.3) is 0 Å². The van der Waals surface area contributed by atoms with Crippen molar-refractivity contribution in [1.82, 2.24) is 29.7 Å². The van der Waals surface area contributed by atoms with E-state index in [4.69, 9.17) is 10.5 Å². The molecule has 9 heteroatoms. The summed E-state index contributed by atoms with van der Waals surface area (Å²) in [5.74, 6) is 0.648. The number of amides is 1. The van der Waals surface area contributed by atoms with Crippen LogP contribution in [0.4, 0.5) is 5.82 Å². The predicted octanol–water partition coefficient (Wildman–Crippen LogP) is 1.76. The van der Waals surface area contributed by atoms with E-state index < -0.39 is 0 Å². The Morgan fingerprint density at radius 2 is 2.09 bits per heavy atom. The number of carbonyl (C=O) groups excluding carboxylic acids is 1. The molecule has 0 saturated carbocycles. The molecule has 2 unspecified atom stereocenters. The molecule has 2 aromatic rings. The summed E-state index contributed by atoms with van der Waals surface area (Å²) in [4.78, 5) is 25.3. The highest BCUT2D eigenvalue weighted by Crippen LogP contribution is 2.40. The van der Waals surface area contributed by atoms with Crippen molar-refractivity contribution in [1.29, 1.82) is 0 Å². The number of ether oxygens (including phenoxy) is 1. The van der Waals surface area contributed by atoms with E-state index >= 15 is 0 Å². The molecule has 0 bridgehead atoms. The Morgan fingerprint density at radius 1 is 1.25 bits per heavy atom. The van der Waals surface area contributed by atoms with Gasteiger partial charge in [-0.15, -0.1) is 0 Å². The number of hydrogen-bond donors (Lipinski definition) is 2. The van der Waals surface area contributed by atoms with Gasteiger partial charge < -0.3 is 25.3 Å². The highest BCUT2D eigenvalue weighted by molar-refractivity contribution is 5.86. The average molecular weight is 442 g/mol. The van der Waals surface area contributed by atoms with Gasteiger partial charge in [-0.3, -0.25) is 9.69 Å². The largest absolute Gasteiger partial charge is 0.383 e. The van der Waals surface area contributed by atoms with E-state index in [9.17, 15) is 4.79 Å². The van der Waals surface area contributed by atoms with Crippen LogP contribution in [0.2, 0.25) is 0 Å². The Morgan fingerprint density at radius 3 is 2.91 bits per heavy atom. The molecule has 0 aliphatic carbocycles. The predicted molar refractivity (Wildman–Crippen MR) is 123 cm³/mol. The zero-order valence-corrected chi connectivity index (χ0v) is 19.0. The molecule has 3 fully saturated rings. The summed E-state index contributed by atoms with van der Waals surface area (Å²) in [6.07, 6.45) is 11.4. The molecule has 5 rings (SSSR count). The van der Waals surface area contributed by atoms with Gasteiger partial charge in [0.05, 0.1) is 11.5 Å². The fourth-order valence-corrected chi connectivity index (χ4v) is 5.92. The highest BCUT2D eigenvalue weighted by atomic mass is 16.5. The molecular formula is C23H35N7O2. The third kappa shape index (κ3) is 4.09. The zero-order valence-electron chi connectivity index (χ0n) is 19.0. The minimum absolute atomic E-state index is 0.0110. The second kappa shape index (κ2) is 8.96. The van der Waals surface area contributed by atoms with Crippen LogP contribution in [0.1, 0.15) is 51.2 Å². The van der Waals surface area contributed by atoms with Gasteiger partial charge in [-0.2, -0.15) is 0 Å². The molecule has 1 spiro atoms. The molecule has 9 nitrogen and oxygen atoms in total. The summed E-state index contributed by atoms with van der Waals surface area (Å²) < 4.78 is 8.62. The number of nitrogen functional groups attached to an aromatic ring is 1. The molecule has 32 heavy (non-hydrogen) atoms. The molecule has 3 aliphatic rings. The van der Waals surface area contributed by atoms with Crippen molar-refractivity contribution in [3.05, 3.63) is 18.6 Å². The van der Waals surface area contributed by atoms with Gasteiger partial charge in [0.15, 0.2) is 0 Å². The molecule has 0 radical (unpaired) electrons. The van der Waals surface area contributed by atoms with Crippen molar-refractivity contribution in [2.24, 2.45) is 0 Å². The standard InChI is InChI=1S/C23H35N7O2/c1-25-19(31)6-11-28-13-8-23(9-14-28)7-2-10-29(23)15-17-3-4-20(32-17)30-12-5-18-21(24)26-16-27-22(18)30/h5,12,16-17,20H,2-4,6-11,13-15H2,1H3,(H,25,31)(H2,24,26,27). The van der Waals surface area contributed by atoms with E-state index in [0.717, 1.165) is 50.1 Å². The Kier molecular flexibility index (Phi) is 6.05. The molecule has 3 aliphatic heterocycles. The first kappa shape index (κ1) is 21.6. The van der Waals surface area contributed by atoms with Crippen LogP contribution in [-0.2, 0) is 9.53 Å². The van der Waals surface area contributed by atoms with Gasteiger partial charge in [0, 0.05) is 38.3 Å². The van der Waals surface area contributed by atoms with E-state index in [2.05, 4.69) is 29.7 Å². The summed E-state index contributed by atoms with van der Waals surface area (Å²) in [5, 5.41) is 3.61. The Labute approximate surface area is 189 Å². The van der Waals surface area contributed by atoms with Crippen LogP contribution in [0.5, 0.6) is 0 Å². The number of likely N-dealkylation sites (tertiary alicyclic amines) is 2. The van der Waals surface area contributed by atoms with E-state index in [0.29, 0.717) is 17.8 Å². The molecule has 2 aromatic heterocycles. The summed E-state index contributed by atoms with van der Waals surface area (Å²) in [6.45, 7) is 5.20. The van der Waals surface area contributed by atoms with Crippen molar-refractivity contribution < 1.29 is 9.53 Å². The molecule has 0 aromatic carbocycles. The van der Waals surface area contributed by atoms with Crippen LogP contribution in [0.25, 0.3) is 11.0 Å². The number of piperidine rings is 1. The summed E-state index contributed by atoms with van der Waals surface area (Å²) >= 11 is 0. The van der Waals surface area contributed by atoms with Crippen molar-refractivity contribution >= 4 is 22.8 Å². The number of hydrogen-bond acceptors (Lipinski definition) is 7. The van der Waals surface area contributed by atoms with E-state index in [1.807, 2.05) is 12.3 Å². The molecule has 5 heterocycles. The first-order valence-corrected chi connectivity index (χ1v) is 12.0. The van der Waals surface area contributed by atoms with Crippen LogP contribution < -0.4 is 11.1 Å². The number of carbonyl (C=O) groups is 1.